The van der Waals surface area contributed by atoms with Gasteiger partial charge in [0.1, 0.15) is 17.7 Å². The molecule has 0 aliphatic rings. The molecule has 0 radical (unpaired) electrons. The second-order valence-corrected chi connectivity index (χ2v) is 5.26. The van der Waals surface area contributed by atoms with Crippen molar-refractivity contribution in [3.8, 4) is 0 Å². The minimum atomic E-state index is -0.557. The highest BCUT2D eigenvalue weighted by atomic mass is 16.5. The number of hydrogen-bond acceptors (Lipinski definition) is 6. The zero-order valence-electron chi connectivity index (χ0n) is 13.5. The average molecular weight is 312 g/mol. The summed E-state index contributed by atoms with van der Waals surface area (Å²) in [5.41, 5.74) is 0. The van der Waals surface area contributed by atoms with Gasteiger partial charge in [-0.1, -0.05) is 6.92 Å². The van der Waals surface area contributed by atoms with Gasteiger partial charge in [-0.05, 0) is 19.8 Å². The Balaban J connectivity index is 4.26. The van der Waals surface area contributed by atoms with Crippen LogP contribution in [0.15, 0.2) is 0 Å². The summed E-state index contributed by atoms with van der Waals surface area (Å²) in [6.07, 6.45) is 0.859. The second-order valence-electron chi connectivity index (χ2n) is 5.26. The third-order valence-corrected chi connectivity index (χ3v) is 3.17. The first kappa shape index (κ1) is 20.1. The largest absolute Gasteiger partial charge is 0.462 e. The van der Waals surface area contributed by atoms with E-state index in [4.69, 9.17) is 4.74 Å². The maximum atomic E-state index is 11.7. The molecule has 0 fully saturated rings. The molecule has 0 N–H and O–H groups in total. The number of rotatable bonds is 12. The van der Waals surface area contributed by atoms with Crippen LogP contribution in [0.1, 0.15) is 65.7 Å². The molecule has 0 rings (SSSR count). The van der Waals surface area contributed by atoms with Gasteiger partial charge in [0.05, 0.1) is 0 Å². The summed E-state index contributed by atoms with van der Waals surface area (Å²) < 4.78 is 5.20. The number of ketones is 4. The van der Waals surface area contributed by atoms with E-state index in [2.05, 4.69) is 0 Å². The van der Waals surface area contributed by atoms with E-state index < -0.39 is 17.7 Å². The molecule has 0 amide bonds. The van der Waals surface area contributed by atoms with Crippen molar-refractivity contribution in [2.75, 3.05) is 0 Å². The Morgan fingerprint density at radius 3 is 1.95 bits per heavy atom. The zero-order chi connectivity index (χ0) is 17.1. The first-order valence-electron chi connectivity index (χ1n) is 7.50. The Hall–Kier alpha value is -1.85. The fourth-order valence-corrected chi connectivity index (χ4v) is 1.77. The average Bonchev–Trinajstić information content (AvgIpc) is 2.46. The third-order valence-electron chi connectivity index (χ3n) is 3.17. The van der Waals surface area contributed by atoms with Gasteiger partial charge in [0, 0.05) is 39.0 Å². The molecule has 0 bridgehead atoms. The molecular weight excluding hydrogens is 288 g/mol. The molecule has 0 aromatic carbocycles. The molecule has 0 saturated heterocycles. The third kappa shape index (κ3) is 9.96. The van der Waals surface area contributed by atoms with Crippen LogP contribution in [0.5, 0.6) is 0 Å². The number of carbonyl (C=O) groups excluding carboxylic acids is 5. The summed E-state index contributed by atoms with van der Waals surface area (Å²) in [4.78, 5) is 55.9. The molecule has 0 heterocycles. The van der Waals surface area contributed by atoms with Crippen LogP contribution in [0.4, 0.5) is 0 Å². The number of carbonyl (C=O) groups is 5. The van der Waals surface area contributed by atoms with E-state index in [1.54, 1.807) is 6.92 Å². The molecular formula is C16H24O6. The highest BCUT2D eigenvalue weighted by Crippen LogP contribution is 2.13. The monoisotopic (exact) mass is 312 g/mol. The number of ether oxygens (including phenoxy) is 1. The molecule has 1 unspecified atom stereocenters. The molecule has 22 heavy (non-hydrogen) atoms. The van der Waals surface area contributed by atoms with E-state index in [1.165, 1.54) is 13.8 Å². The van der Waals surface area contributed by atoms with Gasteiger partial charge in [0.15, 0.2) is 11.6 Å². The van der Waals surface area contributed by atoms with Gasteiger partial charge in [-0.25, -0.2) is 0 Å². The van der Waals surface area contributed by atoms with Gasteiger partial charge in [-0.15, -0.1) is 0 Å². The Labute approximate surface area is 130 Å². The van der Waals surface area contributed by atoms with Gasteiger partial charge < -0.3 is 9.53 Å². The first-order chi connectivity index (χ1) is 10.3. The van der Waals surface area contributed by atoms with Crippen LogP contribution in [0.3, 0.4) is 0 Å². The van der Waals surface area contributed by atoms with Crippen molar-refractivity contribution in [1.82, 2.24) is 0 Å². The Morgan fingerprint density at radius 1 is 0.864 bits per heavy atom. The fourth-order valence-electron chi connectivity index (χ4n) is 1.77. The van der Waals surface area contributed by atoms with E-state index in [9.17, 15) is 24.0 Å². The molecule has 0 aromatic rings. The van der Waals surface area contributed by atoms with Gasteiger partial charge in [0.2, 0.25) is 0 Å². The van der Waals surface area contributed by atoms with E-state index in [0.29, 0.717) is 19.3 Å². The molecule has 124 valence electrons. The Bertz CT molecular complexity index is 438. The van der Waals surface area contributed by atoms with Crippen LogP contribution in [0, 0.1) is 0 Å². The van der Waals surface area contributed by atoms with Crippen molar-refractivity contribution in [2.24, 2.45) is 0 Å². The fraction of sp³-hybridized carbons (Fsp3) is 0.688. The van der Waals surface area contributed by atoms with Gasteiger partial charge >= 0.3 is 5.97 Å². The molecule has 0 spiro atoms. The Morgan fingerprint density at radius 2 is 1.45 bits per heavy atom. The van der Waals surface area contributed by atoms with Gasteiger partial charge in [0.25, 0.3) is 0 Å². The summed E-state index contributed by atoms with van der Waals surface area (Å²) >= 11 is 0. The summed E-state index contributed by atoms with van der Waals surface area (Å²) in [5, 5.41) is 0. The summed E-state index contributed by atoms with van der Waals surface area (Å²) in [5.74, 6) is -1.64. The SMILES string of the molecule is CCC(=O)OC(CCC(C)=O)CCC(=O)CCC(=O)C(C)=O. The first-order valence-corrected chi connectivity index (χ1v) is 7.50. The lowest BCUT2D eigenvalue weighted by molar-refractivity contribution is -0.150. The lowest BCUT2D eigenvalue weighted by Crippen LogP contribution is -2.20. The normalized spacial score (nSPS) is 11.6. The Kier molecular flexibility index (Phi) is 9.91. The van der Waals surface area contributed by atoms with E-state index >= 15 is 0 Å². The lowest BCUT2D eigenvalue weighted by Gasteiger charge is -2.16. The molecule has 0 aliphatic carbocycles. The highest BCUT2D eigenvalue weighted by molar-refractivity contribution is 6.36. The van der Waals surface area contributed by atoms with E-state index in [0.717, 1.165) is 0 Å². The van der Waals surface area contributed by atoms with Crippen LogP contribution in [-0.4, -0.2) is 35.2 Å². The van der Waals surface area contributed by atoms with Gasteiger partial charge in [-0.2, -0.15) is 0 Å². The number of Topliss-reactive ketones (excluding diaryl/α,β-unsaturated/α-hetero) is 4. The standard InChI is InChI=1S/C16H24O6/c1-4-16(21)22-14(8-5-11(2)17)9-6-13(19)7-10-15(20)12(3)18/h14H,4-10H2,1-3H3. The maximum absolute atomic E-state index is 11.7. The minimum absolute atomic E-state index is 0.00377. The minimum Gasteiger partial charge on any atom is -0.462 e. The van der Waals surface area contributed by atoms with Gasteiger partial charge in [-0.3, -0.25) is 19.2 Å². The molecule has 0 saturated carbocycles. The van der Waals surface area contributed by atoms with Crippen molar-refractivity contribution in [3.63, 3.8) is 0 Å². The number of esters is 1. The molecule has 0 aliphatic heterocycles. The second kappa shape index (κ2) is 10.8. The zero-order valence-corrected chi connectivity index (χ0v) is 13.5. The van der Waals surface area contributed by atoms with E-state index in [-0.39, 0.29) is 43.2 Å². The topological polar surface area (TPSA) is 94.6 Å². The predicted octanol–water partition coefficient (Wildman–Crippen LogP) is 1.97. The van der Waals surface area contributed by atoms with Crippen LogP contribution >= 0.6 is 0 Å². The van der Waals surface area contributed by atoms with Crippen LogP contribution in [0.2, 0.25) is 0 Å². The molecule has 0 aromatic heterocycles. The summed E-state index contributed by atoms with van der Waals surface area (Å²) in [6, 6.07) is 0. The summed E-state index contributed by atoms with van der Waals surface area (Å²) in [7, 11) is 0. The van der Waals surface area contributed by atoms with Crippen molar-refractivity contribution in [3.05, 3.63) is 0 Å². The smallest absolute Gasteiger partial charge is 0.305 e. The summed E-state index contributed by atoms with van der Waals surface area (Å²) in [6.45, 7) is 4.30. The van der Waals surface area contributed by atoms with Crippen molar-refractivity contribution in [1.29, 1.82) is 0 Å². The number of hydrogen-bond donors (Lipinski definition) is 0. The van der Waals surface area contributed by atoms with Crippen molar-refractivity contribution < 1.29 is 28.7 Å². The van der Waals surface area contributed by atoms with Crippen molar-refractivity contribution >= 4 is 29.1 Å². The predicted molar refractivity (Wildman–Crippen MR) is 79.2 cm³/mol. The van der Waals surface area contributed by atoms with E-state index in [1.807, 2.05) is 0 Å². The van der Waals surface area contributed by atoms with Crippen LogP contribution in [-0.2, 0) is 28.7 Å². The highest BCUT2D eigenvalue weighted by Gasteiger charge is 2.17. The molecule has 6 heteroatoms. The quantitative estimate of drug-likeness (QED) is 0.404. The molecule has 6 nitrogen and oxygen atoms in total. The van der Waals surface area contributed by atoms with Crippen LogP contribution in [0.25, 0.3) is 0 Å². The molecule has 1 atom stereocenters. The maximum Gasteiger partial charge on any atom is 0.305 e. The lowest BCUT2D eigenvalue weighted by atomic mass is 10.0. The van der Waals surface area contributed by atoms with Crippen molar-refractivity contribution in [2.45, 2.75) is 71.8 Å². The van der Waals surface area contributed by atoms with Crippen LogP contribution < -0.4 is 0 Å².